The molecule has 1 aliphatic carbocycles. The molecule has 7 heteroatoms. The SMILES string of the molecule is COc1ccc(C(C)(C)C)cc1C(=O)N[C@@H]1[C@@H](c2ccc(S(N)(=O)=O)cc2)C1(C)C. The van der Waals surface area contributed by atoms with E-state index in [2.05, 4.69) is 39.9 Å². The number of benzene rings is 2. The van der Waals surface area contributed by atoms with Gasteiger partial charge in [-0.1, -0.05) is 52.8 Å². The van der Waals surface area contributed by atoms with Gasteiger partial charge in [-0.2, -0.15) is 0 Å². The van der Waals surface area contributed by atoms with Crippen LogP contribution in [0.15, 0.2) is 47.4 Å². The topological polar surface area (TPSA) is 98.5 Å². The molecule has 0 unspecified atom stereocenters. The van der Waals surface area contributed by atoms with Crippen molar-refractivity contribution in [3.05, 3.63) is 59.2 Å². The van der Waals surface area contributed by atoms with Crippen LogP contribution in [0.5, 0.6) is 5.75 Å². The summed E-state index contributed by atoms with van der Waals surface area (Å²) >= 11 is 0. The third-order valence-electron chi connectivity index (χ3n) is 5.99. The highest BCUT2D eigenvalue weighted by molar-refractivity contribution is 7.89. The van der Waals surface area contributed by atoms with Gasteiger partial charge in [-0.05, 0) is 46.2 Å². The van der Waals surface area contributed by atoms with Gasteiger partial charge in [-0.25, -0.2) is 13.6 Å². The van der Waals surface area contributed by atoms with Gasteiger partial charge >= 0.3 is 0 Å². The molecule has 0 bridgehead atoms. The molecule has 0 heterocycles. The number of rotatable bonds is 5. The summed E-state index contributed by atoms with van der Waals surface area (Å²) in [5.41, 5.74) is 2.28. The zero-order valence-corrected chi connectivity index (χ0v) is 19.1. The number of nitrogens with one attached hydrogen (secondary N) is 1. The summed E-state index contributed by atoms with van der Waals surface area (Å²) in [6.07, 6.45) is 0. The first-order valence-electron chi connectivity index (χ1n) is 9.89. The molecule has 162 valence electrons. The van der Waals surface area contributed by atoms with Crippen LogP contribution in [0, 0.1) is 5.41 Å². The zero-order chi connectivity index (χ0) is 22.5. The molecule has 3 rings (SSSR count). The second-order valence-electron chi connectivity index (χ2n) is 9.53. The average Bonchev–Trinajstić information content (AvgIpc) is 3.19. The molecular formula is C23H30N2O4S. The van der Waals surface area contributed by atoms with E-state index in [-0.39, 0.29) is 33.6 Å². The quantitative estimate of drug-likeness (QED) is 0.758. The fourth-order valence-corrected chi connectivity index (χ4v) is 4.48. The smallest absolute Gasteiger partial charge is 0.255 e. The standard InChI is InChI=1S/C23H30N2O4S/c1-22(2,3)15-9-12-18(29-6)17(13-15)21(26)25-20-19(23(20,4)5)14-7-10-16(11-8-14)30(24,27)28/h7-13,19-20H,1-6H3,(H,25,26)(H2,24,27,28)/t19-,20-/m1/s1. The van der Waals surface area contributed by atoms with E-state index < -0.39 is 10.0 Å². The van der Waals surface area contributed by atoms with Crippen molar-refractivity contribution in [1.29, 1.82) is 0 Å². The van der Waals surface area contributed by atoms with Crippen LogP contribution in [-0.2, 0) is 15.4 Å². The molecule has 30 heavy (non-hydrogen) atoms. The van der Waals surface area contributed by atoms with Crippen LogP contribution in [0.4, 0.5) is 0 Å². The minimum Gasteiger partial charge on any atom is -0.496 e. The highest BCUT2D eigenvalue weighted by atomic mass is 32.2. The largest absolute Gasteiger partial charge is 0.496 e. The van der Waals surface area contributed by atoms with Gasteiger partial charge in [0.15, 0.2) is 0 Å². The molecule has 0 radical (unpaired) electrons. The van der Waals surface area contributed by atoms with Crippen molar-refractivity contribution in [2.45, 2.75) is 56.9 Å². The Labute approximate surface area is 178 Å². The normalized spacial score (nSPS) is 20.5. The number of ether oxygens (including phenoxy) is 1. The molecule has 1 fully saturated rings. The molecule has 0 saturated heterocycles. The van der Waals surface area contributed by atoms with Crippen molar-refractivity contribution in [3.8, 4) is 5.75 Å². The lowest BCUT2D eigenvalue weighted by Gasteiger charge is -2.21. The summed E-state index contributed by atoms with van der Waals surface area (Å²) in [7, 11) is -2.17. The van der Waals surface area contributed by atoms with Gasteiger partial charge in [0.25, 0.3) is 5.91 Å². The molecule has 1 aliphatic rings. The number of carbonyl (C=O) groups excluding carboxylic acids is 1. The van der Waals surface area contributed by atoms with Crippen molar-refractivity contribution >= 4 is 15.9 Å². The number of sulfonamides is 1. The van der Waals surface area contributed by atoms with E-state index in [9.17, 15) is 13.2 Å². The van der Waals surface area contributed by atoms with Crippen LogP contribution in [0.3, 0.4) is 0 Å². The Morgan fingerprint density at radius 3 is 2.20 bits per heavy atom. The van der Waals surface area contributed by atoms with Gasteiger partial charge in [0, 0.05) is 12.0 Å². The fourth-order valence-electron chi connectivity index (χ4n) is 3.97. The van der Waals surface area contributed by atoms with Crippen molar-refractivity contribution in [1.82, 2.24) is 5.32 Å². The molecule has 2 aromatic rings. The number of amides is 1. The van der Waals surface area contributed by atoms with E-state index in [0.717, 1.165) is 11.1 Å². The van der Waals surface area contributed by atoms with Crippen LogP contribution in [0.2, 0.25) is 0 Å². The summed E-state index contributed by atoms with van der Waals surface area (Å²) in [6.45, 7) is 10.5. The Bertz CT molecular complexity index is 1070. The molecule has 0 aromatic heterocycles. The minimum atomic E-state index is -3.73. The molecule has 6 nitrogen and oxygen atoms in total. The van der Waals surface area contributed by atoms with E-state index in [4.69, 9.17) is 9.88 Å². The monoisotopic (exact) mass is 430 g/mol. The summed E-state index contributed by atoms with van der Waals surface area (Å²) in [5.74, 6) is 0.431. The van der Waals surface area contributed by atoms with E-state index in [1.807, 2.05) is 18.2 Å². The van der Waals surface area contributed by atoms with E-state index in [0.29, 0.717) is 11.3 Å². The Morgan fingerprint density at radius 1 is 1.10 bits per heavy atom. The second kappa shape index (κ2) is 7.39. The molecule has 2 aromatic carbocycles. The van der Waals surface area contributed by atoms with Gasteiger partial charge in [0.2, 0.25) is 10.0 Å². The average molecular weight is 431 g/mol. The highest BCUT2D eigenvalue weighted by Gasteiger charge is 2.59. The van der Waals surface area contributed by atoms with Gasteiger partial charge in [-0.3, -0.25) is 4.79 Å². The Hall–Kier alpha value is -2.38. The third-order valence-corrected chi connectivity index (χ3v) is 6.92. The molecule has 3 N–H and O–H groups in total. The molecule has 2 atom stereocenters. The number of carbonyl (C=O) groups is 1. The Balaban J connectivity index is 1.84. The zero-order valence-electron chi connectivity index (χ0n) is 18.3. The van der Waals surface area contributed by atoms with Crippen molar-refractivity contribution in [2.24, 2.45) is 10.6 Å². The number of hydrogen-bond acceptors (Lipinski definition) is 4. The lowest BCUT2D eigenvalue weighted by Crippen LogP contribution is -2.29. The van der Waals surface area contributed by atoms with Crippen LogP contribution in [0.1, 0.15) is 62.0 Å². The maximum atomic E-state index is 13.1. The van der Waals surface area contributed by atoms with E-state index in [1.54, 1.807) is 19.2 Å². The molecule has 1 saturated carbocycles. The lowest BCUT2D eigenvalue weighted by molar-refractivity contribution is 0.0942. The van der Waals surface area contributed by atoms with Crippen LogP contribution >= 0.6 is 0 Å². The Morgan fingerprint density at radius 2 is 1.70 bits per heavy atom. The molecule has 1 amide bonds. The van der Waals surface area contributed by atoms with Gasteiger partial charge in [0.05, 0.1) is 17.6 Å². The first-order chi connectivity index (χ1) is 13.8. The summed E-state index contributed by atoms with van der Waals surface area (Å²) in [6, 6.07) is 12.2. The Kier molecular flexibility index (Phi) is 5.50. The number of hydrogen-bond donors (Lipinski definition) is 2. The minimum absolute atomic E-state index is 0.0756. The second-order valence-corrected chi connectivity index (χ2v) is 11.1. The molecule has 0 spiro atoms. The van der Waals surface area contributed by atoms with Gasteiger partial charge in [-0.15, -0.1) is 0 Å². The van der Waals surface area contributed by atoms with Gasteiger partial charge in [0.1, 0.15) is 5.75 Å². The first kappa shape index (κ1) is 22.3. The van der Waals surface area contributed by atoms with Crippen LogP contribution in [-0.4, -0.2) is 27.5 Å². The number of primary sulfonamides is 1. The molecule has 0 aliphatic heterocycles. The maximum absolute atomic E-state index is 13.1. The number of methoxy groups -OCH3 is 1. The van der Waals surface area contributed by atoms with Crippen molar-refractivity contribution in [2.75, 3.05) is 7.11 Å². The highest BCUT2D eigenvalue weighted by Crippen LogP contribution is 2.58. The predicted molar refractivity (Wildman–Crippen MR) is 117 cm³/mol. The predicted octanol–water partition coefficient (Wildman–Crippen LogP) is 3.56. The van der Waals surface area contributed by atoms with E-state index in [1.165, 1.54) is 12.1 Å². The lowest BCUT2D eigenvalue weighted by atomic mass is 9.86. The van der Waals surface area contributed by atoms with Gasteiger partial charge < -0.3 is 10.1 Å². The number of nitrogens with two attached hydrogens (primary N) is 1. The van der Waals surface area contributed by atoms with Crippen molar-refractivity contribution < 1.29 is 17.9 Å². The van der Waals surface area contributed by atoms with E-state index >= 15 is 0 Å². The van der Waals surface area contributed by atoms with Crippen molar-refractivity contribution in [3.63, 3.8) is 0 Å². The summed E-state index contributed by atoms with van der Waals surface area (Å²) in [4.78, 5) is 13.2. The molecular weight excluding hydrogens is 400 g/mol. The fraction of sp³-hybridized carbons (Fsp3) is 0.435. The van der Waals surface area contributed by atoms with Crippen LogP contribution in [0.25, 0.3) is 0 Å². The first-order valence-corrected chi connectivity index (χ1v) is 11.4. The maximum Gasteiger partial charge on any atom is 0.255 e. The van der Waals surface area contributed by atoms with Crippen LogP contribution < -0.4 is 15.2 Å². The third kappa shape index (κ3) is 4.23. The summed E-state index contributed by atoms with van der Waals surface area (Å²) < 4.78 is 28.4. The summed E-state index contributed by atoms with van der Waals surface area (Å²) in [5, 5.41) is 8.33.